The fraction of sp³-hybridized carbons (Fsp3) is 0.429. The molecule has 1 rings (SSSR count). The molecule has 1 amide bonds. The van der Waals surface area contributed by atoms with Gasteiger partial charge in [-0.25, -0.2) is 4.68 Å². The fourth-order valence-electron chi connectivity index (χ4n) is 0.767. The van der Waals surface area contributed by atoms with E-state index in [0.717, 1.165) is 9.08 Å². The maximum absolute atomic E-state index is 11.4. The van der Waals surface area contributed by atoms with Crippen LogP contribution in [0.15, 0.2) is 13.7 Å². The van der Waals surface area contributed by atoms with Crippen molar-refractivity contribution in [2.45, 2.75) is 6.54 Å². The van der Waals surface area contributed by atoms with E-state index in [1.54, 1.807) is 18.8 Å². The van der Waals surface area contributed by atoms with Gasteiger partial charge in [-0.1, -0.05) is 0 Å². The van der Waals surface area contributed by atoms with Crippen LogP contribution in [0.25, 0.3) is 0 Å². The van der Waals surface area contributed by atoms with Crippen LogP contribution < -0.4 is 0 Å². The second kappa shape index (κ2) is 4.76. The molecule has 0 unspecified atom stereocenters. The number of hydrogen-bond acceptors (Lipinski definition) is 2. The summed E-state index contributed by atoms with van der Waals surface area (Å²) in [6, 6.07) is 0. The number of hydrogen-bond donors (Lipinski definition) is 0. The number of aromatic nitrogens is 2. The van der Waals surface area contributed by atoms with E-state index in [9.17, 15) is 4.79 Å². The summed E-state index contributed by atoms with van der Waals surface area (Å²) in [4.78, 5) is 12.9. The van der Waals surface area contributed by atoms with Crippen molar-refractivity contribution < 1.29 is 4.79 Å². The normalized spacial score (nSPS) is 10.4. The Hall–Kier alpha value is 0.120. The molecule has 0 aliphatic heterocycles. The third-order valence-electron chi connectivity index (χ3n) is 1.58. The number of likely N-dealkylation sites (N-methyl/N-ethyl adjacent to an activating group) is 1. The predicted octanol–water partition coefficient (Wildman–Crippen LogP) is 2.26. The molecule has 14 heavy (non-hydrogen) atoms. The van der Waals surface area contributed by atoms with Crippen molar-refractivity contribution >= 4 is 53.7 Å². The Morgan fingerprint density at radius 1 is 1.43 bits per heavy atom. The molecule has 0 spiro atoms. The molecule has 0 radical (unpaired) electrons. The summed E-state index contributed by atoms with van der Waals surface area (Å²) in [5, 5.41) is 4.12. The second-order valence-corrected chi connectivity index (χ2v) is 5.14. The SMILES string of the molecule is CN(C)C(=O)Cn1nc(Br)c(Br)c1Br. The van der Waals surface area contributed by atoms with E-state index >= 15 is 0 Å². The van der Waals surface area contributed by atoms with Gasteiger partial charge in [0.2, 0.25) is 5.91 Å². The van der Waals surface area contributed by atoms with Gasteiger partial charge in [0.05, 0.1) is 4.47 Å². The Labute approximate surface area is 107 Å². The van der Waals surface area contributed by atoms with Crippen LogP contribution in [0.4, 0.5) is 0 Å². The van der Waals surface area contributed by atoms with Gasteiger partial charge < -0.3 is 4.90 Å². The number of halogens is 3. The van der Waals surface area contributed by atoms with Crippen LogP contribution in [-0.4, -0.2) is 34.7 Å². The minimum absolute atomic E-state index is 0.00630. The van der Waals surface area contributed by atoms with E-state index in [1.165, 1.54) is 4.90 Å². The summed E-state index contributed by atoms with van der Waals surface area (Å²) in [6.45, 7) is 0.220. The van der Waals surface area contributed by atoms with Gasteiger partial charge in [0.15, 0.2) is 0 Å². The molecule has 0 aliphatic rings. The molecule has 0 saturated carbocycles. The topological polar surface area (TPSA) is 38.1 Å². The Morgan fingerprint density at radius 2 is 2.00 bits per heavy atom. The van der Waals surface area contributed by atoms with Gasteiger partial charge in [0.25, 0.3) is 0 Å². The minimum atomic E-state index is -0.00630. The zero-order valence-electron chi connectivity index (χ0n) is 7.59. The van der Waals surface area contributed by atoms with Crippen molar-refractivity contribution in [2.75, 3.05) is 14.1 Å². The molecule has 1 aromatic rings. The van der Waals surface area contributed by atoms with Gasteiger partial charge in [0.1, 0.15) is 15.8 Å². The molecule has 4 nitrogen and oxygen atoms in total. The Balaban J connectivity index is 2.88. The molecular weight excluding hydrogens is 382 g/mol. The lowest BCUT2D eigenvalue weighted by molar-refractivity contribution is -0.129. The quantitative estimate of drug-likeness (QED) is 0.778. The highest BCUT2D eigenvalue weighted by atomic mass is 79.9. The van der Waals surface area contributed by atoms with Crippen molar-refractivity contribution in [1.82, 2.24) is 14.7 Å². The molecule has 0 bridgehead atoms. The van der Waals surface area contributed by atoms with Crippen LogP contribution >= 0.6 is 47.8 Å². The lowest BCUT2D eigenvalue weighted by Gasteiger charge is -2.10. The number of carbonyl (C=O) groups excluding carboxylic acids is 1. The largest absolute Gasteiger partial charge is 0.347 e. The molecule has 1 aromatic heterocycles. The molecule has 0 aromatic carbocycles. The van der Waals surface area contributed by atoms with Crippen LogP contribution in [0.5, 0.6) is 0 Å². The molecule has 0 aliphatic carbocycles. The second-order valence-electron chi connectivity index (χ2n) is 2.84. The zero-order valence-corrected chi connectivity index (χ0v) is 12.3. The number of rotatable bonds is 2. The highest BCUT2D eigenvalue weighted by Gasteiger charge is 2.14. The molecule has 0 atom stereocenters. The van der Waals surface area contributed by atoms with Crippen LogP contribution in [0.3, 0.4) is 0 Å². The number of amides is 1. The monoisotopic (exact) mass is 387 g/mol. The molecular formula is C7H8Br3N3O. The lowest BCUT2D eigenvalue weighted by atomic mass is 10.5. The third kappa shape index (κ3) is 2.58. The molecule has 7 heteroatoms. The highest BCUT2D eigenvalue weighted by molar-refractivity contribution is 9.14. The Morgan fingerprint density at radius 3 is 2.36 bits per heavy atom. The van der Waals surface area contributed by atoms with Crippen molar-refractivity contribution in [2.24, 2.45) is 0 Å². The van der Waals surface area contributed by atoms with Crippen molar-refractivity contribution in [3.8, 4) is 0 Å². The van der Waals surface area contributed by atoms with Gasteiger partial charge in [-0.15, -0.1) is 0 Å². The van der Waals surface area contributed by atoms with Gasteiger partial charge in [-0.3, -0.25) is 4.79 Å². The average Bonchev–Trinajstić information content (AvgIpc) is 2.33. The lowest BCUT2D eigenvalue weighted by Crippen LogP contribution is -2.26. The summed E-state index contributed by atoms with van der Waals surface area (Å²) in [5.41, 5.74) is 0. The average molecular weight is 390 g/mol. The third-order valence-corrected chi connectivity index (χ3v) is 4.76. The van der Waals surface area contributed by atoms with E-state index < -0.39 is 0 Å². The van der Waals surface area contributed by atoms with E-state index in [2.05, 4.69) is 52.9 Å². The summed E-state index contributed by atoms with van der Waals surface area (Å²) >= 11 is 9.92. The highest BCUT2D eigenvalue weighted by Crippen LogP contribution is 2.30. The summed E-state index contributed by atoms with van der Waals surface area (Å²) in [6.07, 6.45) is 0. The van der Waals surface area contributed by atoms with Gasteiger partial charge in [-0.05, 0) is 47.8 Å². The molecule has 1 heterocycles. The van der Waals surface area contributed by atoms with Crippen LogP contribution in [0, 0.1) is 0 Å². The van der Waals surface area contributed by atoms with Crippen molar-refractivity contribution in [1.29, 1.82) is 0 Å². The van der Waals surface area contributed by atoms with Crippen LogP contribution in [-0.2, 0) is 11.3 Å². The first-order valence-electron chi connectivity index (χ1n) is 3.71. The first-order valence-corrected chi connectivity index (χ1v) is 6.09. The summed E-state index contributed by atoms with van der Waals surface area (Å²) in [5.74, 6) is -0.00630. The van der Waals surface area contributed by atoms with E-state index in [0.29, 0.717) is 4.60 Å². The first kappa shape index (κ1) is 12.2. The molecule has 0 saturated heterocycles. The van der Waals surface area contributed by atoms with Crippen molar-refractivity contribution in [3.63, 3.8) is 0 Å². The smallest absolute Gasteiger partial charge is 0.243 e. The maximum atomic E-state index is 11.4. The van der Waals surface area contributed by atoms with Crippen LogP contribution in [0.1, 0.15) is 0 Å². The first-order chi connectivity index (χ1) is 6.43. The predicted molar refractivity (Wildman–Crippen MR) is 64.0 cm³/mol. The molecule has 0 fully saturated rings. The van der Waals surface area contributed by atoms with E-state index in [1.807, 2.05) is 0 Å². The standard InChI is InChI=1S/C7H8Br3N3O/c1-12(2)4(14)3-13-7(10)5(8)6(9)11-13/h3H2,1-2H3. The van der Waals surface area contributed by atoms with Crippen LogP contribution in [0.2, 0.25) is 0 Å². The number of carbonyl (C=O) groups is 1. The Bertz CT molecular complexity index is 361. The summed E-state index contributed by atoms with van der Waals surface area (Å²) in [7, 11) is 3.42. The fourth-order valence-corrected chi connectivity index (χ4v) is 2.09. The molecule has 0 N–H and O–H groups in total. The molecule has 78 valence electrons. The van der Waals surface area contributed by atoms with Gasteiger partial charge in [0, 0.05) is 14.1 Å². The van der Waals surface area contributed by atoms with Crippen molar-refractivity contribution in [3.05, 3.63) is 13.7 Å². The number of nitrogens with zero attached hydrogens (tertiary/aromatic N) is 3. The Kier molecular flexibility index (Phi) is 4.15. The maximum Gasteiger partial charge on any atom is 0.243 e. The van der Waals surface area contributed by atoms with Gasteiger partial charge in [-0.2, -0.15) is 5.10 Å². The zero-order chi connectivity index (χ0) is 10.9. The van der Waals surface area contributed by atoms with Gasteiger partial charge >= 0.3 is 0 Å². The summed E-state index contributed by atoms with van der Waals surface area (Å²) < 4.78 is 3.82. The minimum Gasteiger partial charge on any atom is -0.347 e. The van der Waals surface area contributed by atoms with E-state index in [4.69, 9.17) is 0 Å². The van der Waals surface area contributed by atoms with E-state index in [-0.39, 0.29) is 12.5 Å².